The highest BCUT2D eigenvalue weighted by Crippen LogP contribution is 2.09. The molecule has 0 atom stereocenters. The van der Waals surface area contributed by atoms with Gasteiger partial charge in [0.1, 0.15) is 0 Å². The van der Waals surface area contributed by atoms with Gasteiger partial charge in [0.2, 0.25) is 5.91 Å². The summed E-state index contributed by atoms with van der Waals surface area (Å²) in [5, 5.41) is 5.47. The first-order chi connectivity index (χ1) is 5.87. The minimum absolute atomic E-state index is 0.102. The molecule has 0 aliphatic carbocycles. The van der Waals surface area contributed by atoms with E-state index >= 15 is 0 Å². The minimum atomic E-state index is -0.102. The first kappa shape index (κ1) is 14.7. The number of nitrogens with one attached hydrogen (secondary N) is 2. The van der Waals surface area contributed by atoms with Crippen molar-refractivity contribution < 1.29 is 4.79 Å². The molecule has 13 heavy (non-hydrogen) atoms. The largest absolute Gasteiger partial charge is 0.352 e. The van der Waals surface area contributed by atoms with Crippen LogP contribution in [0.1, 0.15) is 20.8 Å². The molecule has 3 heteroatoms. The van der Waals surface area contributed by atoms with E-state index in [9.17, 15) is 4.79 Å². The Morgan fingerprint density at radius 3 is 2.00 bits per heavy atom. The Morgan fingerprint density at radius 1 is 1.38 bits per heavy atom. The maximum Gasteiger partial charge on any atom is 0.243 e. The van der Waals surface area contributed by atoms with Crippen LogP contribution in [0.2, 0.25) is 0 Å². The topological polar surface area (TPSA) is 41.1 Å². The van der Waals surface area contributed by atoms with Crippen LogP contribution in [0.4, 0.5) is 0 Å². The second-order valence-electron chi connectivity index (χ2n) is 3.98. The Hall–Kier alpha value is -0.830. The molecular formula is C10H22N2O. The molecule has 1 amide bonds. The van der Waals surface area contributed by atoms with E-state index in [1.807, 2.05) is 14.1 Å². The maximum absolute atomic E-state index is 10.6. The van der Waals surface area contributed by atoms with Crippen molar-refractivity contribution >= 4 is 5.91 Å². The van der Waals surface area contributed by atoms with Gasteiger partial charge in [0.05, 0.1) is 0 Å². The Balaban J connectivity index is 0. The first-order valence-corrected chi connectivity index (χ1v) is 4.36. The van der Waals surface area contributed by atoms with Gasteiger partial charge >= 0.3 is 0 Å². The van der Waals surface area contributed by atoms with Crippen molar-refractivity contribution in [3.05, 3.63) is 12.7 Å². The summed E-state index contributed by atoms with van der Waals surface area (Å²) in [5.74, 6) is -0.102. The van der Waals surface area contributed by atoms with Gasteiger partial charge in [-0.1, -0.05) is 27.4 Å². The van der Waals surface area contributed by atoms with Crippen LogP contribution in [0.15, 0.2) is 12.7 Å². The number of hydrogen-bond donors (Lipinski definition) is 2. The summed E-state index contributed by atoms with van der Waals surface area (Å²) >= 11 is 0. The second kappa shape index (κ2) is 7.80. The van der Waals surface area contributed by atoms with Crippen molar-refractivity contribution in [1.29, 1.82) is 0 Å². The average molecular weight is 186 g/mol. The Kier molecular flexibility index (Phi) is 8.81. The maximum atomic E-state index is 10.6. The lowest BCUT2D eigenvalue weighted by Gasteiger charge is -2.17. The van der Waals surface area contributed by atoms with Gasteiger partial charge in [0, 0.05) is 6.54 Å². The third-order valence-corrected chi connectivity index (χ3v) is 0.978. The first-order valence-electron chi connectivity index (χ1n) is 4.36. The lowest BCUT2D eigenvalue weighted by atomic mass is 9.97. The third kappa shape index (κ3) is 18.3. The fourth-order valence-corrected chi connectivity index (χ4v) is 0.424. The van der Waals surface area contributed by atoms with Gasteiger partial charge in [-0.25, -0.2) is 0 Å². The summed E-state index contributed by atoms with van der Waals surface area (Å²) in [6, 6.07) is 0. The van der Waals surface area contributed by atoms with E-state index in [0.29, 0.717) is 6.54 Å². The molecular weight excluding hydrogens is 164 g/mol. The van der Waals surface area contributed by atoms with Crippen LogP contribution in [0.25, 0.3) is 0 Å². The van der Waals surface area contributed by atoms with Crippen LogP contribution in [0.3, 0.4) is 0 Å². The summed E-state index contributed by atoms with van der Waals surface area (Å²) in [5.41, 5.74) is 0.151. The molecule has 0 aromatic carbocycles. The Labute approximate surface area is 81.6 Å². The van der Waals surface area contributed by atoms with E-state index in [-0.39, 0.29) is 11.3 Å². The van der Waals surface area contributed by atoms with Crippen molar-refractivity contribution in [3.8, 4) is 0 Å². The van der Waals surface area contributed by atoms with Gasteiger partial charge in [0.15, 0.2) is 0 Å². The van der Waals surface area contributed by atoms with Gasteiger partial charge in [-0.15, -0.1) is 0 Å². The van der Waals surface area contributed by atoms with E-state index in [1.54, 1.807) is 0 Å². The predicted molar refractivity (Wildman–Crippen MR) is 57.6 cm³/mol. The number of carbonyl (C=O) groups excluding carboxylic acids is 1. The standard InChI is InChI=1S/C8H15NO.C2H7N/c1-5-7(10)9-6-8(2,3)4;1-3-2/h5H,1,6H2,2-4H3,(H,9,10);3H,1-2H3. The summed E-state index contributed by atoms with van der Waals surface area (Å²) in [6.45, 7) is 10.2. The average Bonchev–Trinajstić information content (AvgIpc) is 2.00. The van der Waals surface area contributed by atoms with Crippen LogP contribution in [-0.2, 0) is 4.79 Å². The summed E-state index contributed by atoms with van der Waals surface area (Å²) in [6.07, 6.45) is 1.28. The summed E-state index contributed by atoms with van der Waals surface area (Å²) in [7, 11) is 3.75. The van der Waals surface area contributed by atoms with Gasteiger partial charge in [-0.3, -0.25) is 4.79 Å². The van der Waals surface area contributed by atoms with Crippen molar-refractivity contribution in [2.45, 2.75) is 20.8 Å². The molecule has 3 nitrogen and oxygen atoms in total. The molecule has 0 heterocycles. The lowest BCUT2D eigenvalue weighted by molar-refractivity contribution is -0.116. The van der Waals surface area contributed by atoms with Crippen LogP contribution in [0, 0.1) is 5.41 Å². The molecule has 0 unspecified atom stereocenters. The van der Waals surface area contributed by atoms with Crippen LogP contribution >= 0.6 is 0 Å². The van der Waals surface area contributed by atoms with Crippen molar-refractivity contribution in [1.82, 2.24) is 10.6 Å². The normalized spacial score (nSPS) is 9.62. The van der Waals surface area contributed by atoms with Crippen molar-refractivity contribution in [3.63, 3.8) is 0 Å². The molecule has 0 aromatic heterocycles. The Bertz CT molecular complexity index is 147. The SMILES string of the molecule is C=CC(=O)NCC(C)(C)C.CNC. The van der Waals surface area contributed by atoms with E-state index in [1.165, 1.54) is 6.08 Å². The summed E-state index contributed by atoms with van der Waals surface area (Å²) in [4.78, 5) is 10.6. The van der Waals surface area contributed by atoms with Crippen molar-refractivity contribution in [2.24, 2.45) is 5.41 Å². The quantitative estimate of drug-likeness (QED) is 0.636. The van der Waals surface area contributed by atoms with Crippen molar-refractivity contribution in [2.75, 3.05) is 20.6 Å². The molecule has 0 fully saturated rings. The van der Waals surface area contributed by atoms with E-state index < -0.39 is 0 Å². The molecule has 0 aliphatic heterocycles. The number of carbonyl (C=O) groups is 1. The predicted octanol–water partition coefficient (Wildman–Crippen LogP) is 1.17. The number of rotatable bonds is 2. The van der Waals surface area contributed by atoms with Crippen LogP contribution < -0.4 is 10.6 Å². The van der Waals surface area contributed by atoms with E-state index in [2.05, 4.69) is 38.0 Å². The number of hydrogen-bond acceptors (Lipinski definition) is 2. The van der Waals surface area contributed by atoms with Gasteiger partial charge in [0.25, 0.3) is 0 Å². The summed E-state index contributed by atoms with van der Waals surface area (Å²) < 4.78 is 0. The highest BCUT2D eigenvalue weighted by atomic mass is 16.1. The zero-order valence-electron chi connectivity index (χ0n) is 9.40. The fraction of sp³-hybridized carbons (Fsp3) is 0.700. The van der Waals surface area contributed by atoms with E-state index in [4.69, 9.17) is 0 Å². The molecule has 0 saturated carbocycles. The monoisotopic (exact) mass is 186 g/mol. The highest BCUT2D eigenvalue weighted by Gasteiger charge is 2.09. The zero-order chi connectivity index (χ0) is 10.9. The van der Waals surface area contributed by atoms with E-state index in [0.717, 1.165) is 0 Å². The second-order valence-corrected chi connectivity index (χ2v) is 3.98. The zero-order valence-corrected chi connectivity index (χ0v) is 9.40. The van der Waals surface area contributed by atoms with Gasteiger partial charge in [-0.2, -0.15) is 0 Å². The smallest absolute Gasteiger partial charge is 0.243 e. The molecule has 0 rings (SSSR count). The molecule has 0 aromatic rings. The van der Waals surface area contributed by atoms with Crippen LogP contribution in [0.5, 0.6) is 0 Å². The lowest BCUT2D eigenvalue weighted by Crippen LogP contribution is -2.30. The molecule has 0 aliphatic rings. The molecule has 0 radical (unpaired) electrons. The molecule has 78 valence electrons. The fourth-order valence-electron chi connectivity index (χ4n) is 0.424. The Morgan fingerprint density at radius 2 is 1.77 bits per heavy atom. The van der Waals surface area contributed by atoms with Gasteiger partial charge < -0.3 is 10.6 Å². The minimum Gasteiger partial charge on any atom is -0.352 e. The highest BCUT2D eigenvalue weighted by molar-refractivity contribution is 5.86. The van der Waals surface area contributed by atoms with Crippen LogP contribution in [-0.4, -0.2) is 26.5 Å². The number of amides is 1. The van der Waals surface area contributed by atoms with Gasteiger partial charge in [-0.05, 0) is 25.6 Å². The molecule has 0 saturated heterocycles. The molecule has 0 bridgehead atoms. The third-order valence-electron chi connectivity index (χ3n) is 0.978. The molecule has 0 spiro atoms. The molecule has 2 N–H and O–H groups in total.